The van der Waals surface area contributed by atoms with Gasteiger partial charge in [0.1, 0.15) is 10.6 Å². The zero-order chi connectivity index (χ0) is 25.3. The number of hydrogen-bond donors (Lipinski definition) is 2. The highest BCUT2D eigenvalue weighted by Crippen LogP contribution is 2.28. The first-order valence-electron chi connectivity index (χ1n) is 11.5. The van der Waals surface area contributed by atoms with Crippen molar-refractivity contribution in [3.05, 3.63) is 90.1 Å². The van der Waals surface area contributed by atoms with Crippen LogP contribution in [-0.2, 0) is 10.0 Å². The maximum atomic E-state index is 13.1. The fourth-order valence-electron chi connectivity index (χ4n) is 4.31. The zero-order valence-electron chi connectivity index (χ0n) is 19.9. The van der Waals surface area contributed by atoms with Crippen LogP contribution in [0.25, 0.3) is 10.9 Å². The maximum absolute atomic E-state index is 13.1. The summed E-state index contributed by atoms with van der Waals surface area (Å²) in [5, 5.41) is 4.15. The van der Waals surface area contributed by atoms with Crippen molar-refractivity contribution in [1.82, 2.24) is 9.88 Å². The molecular formula is C27H26N4O4S. The second kappa shape index (κ2) is 9.50. The molecule has 9 heteroatoms. The number of hydrogen-bond acceptors (Lipinski definition) is 6. The van der Waals surface area contributed by atoms with Crippen molar-refractivity contribution in [3.8, 4) is 5.75 Å². The van der Waals surface area contributed by atoms with Gasteiger partial charge in [0.15, 0.2) is 0 Å². The summed E-state index contributed by atoms with van der Waals surface area (Å²) in [6.45, 7) is 2.91. The fraction of sp³-hybridized carbons (Fsp3) is 0.185. The molecule has 1 aliphatic rings. The van der Waals surface area contributed by atoms with Gasteiger partial charge in [-0.15, -0.1) is 0 Å². The van der Waals surface area contributed by atoms with Crippen molar-refractivity contribution >= 4 is 38.2 Å². The minimum absolute atomic E-state index is 0.0937. The predicted octanol–water partition coefficient (Wildman–Crippen LogP) is 4.29. The van der Waals surface area contributed by atoms with E-state index in [1.807, 2.05) is 36.4 Å². The molecular weight excluding hydrogens is 476 g/mol. The molecule has 0 radical (unpaired) electrons. The average Bonchev–Trinajstić information content (AvgIpc) is 2.86. The molecule has 1 saturated heterocycles. The van der Waals surface area contributed by atoms with Crippen LogP contribution in [0.2, 0.25) is 0 Å². The first kappa shape index (κ1) is 23.6. The molecule has 1 amide bonds. The van der Waals surface area contributed by atoms with E-state index in [-0.39, 0.29) is 16.8 Å². The minimum atomic E-state index is -3.87. The van der Waals surface area contributed by atoms with Crippen molar-refractivity contribution in [3.63, 3.8) is 0 Å². The van der Waals surface area contributed by atoms with Gasteiger partial charge in [-0.1, -0.05) is 30.3 Å². The number of nitrogens with one attached hydrogen (secondary N) is 2. The number of benzene rings is 3. The van der Waals surface area contributed by atoms with E-state index in [1.54, 1.807) is 55.5 Å². The number of methoxy groups -OCH3 is 1. The van der Waals surface area contributed by atoms with E-state index in [9.17, 15) is 13.2 Å². The summed E-state index contributed by atoms with van der Waals surface area (Å²) in [5.74, 6) is 0.666. The van der Waals surface area contributed by atoms with Gasteiger partial charge in [0.2, 0.25) is 0 Å². The number of amides is 1. The first-order chi connectivity index (χ1) is 17.4. The summed E-state index contributed by atoms with van der Waals surface area (Å²) in [5.41, 5.74) is 2.88. The number of likely N-dealkylation sites (tertiary alicyclic amines) is 1. The Kier molecular flexibility index (Phi) is 6.24. The van der Waals surface area contributed by atoms with Crippen LogP contribution in [0.5, 0.6) is 5.75 Å². The molecule has 2 heterocycles. The maximum Gasteiger partial charge on any atom is 0.264 e. The summed E-state index contributed by atoms with van der Waals surface area (Å²) in [4.78, 5) is 19.1. The monoisotopic (exact) mass is 502 g/mol. The molecule has 8 nitrogen and oxygen atoms in total. The molecule has 0 spiro atoms. The number of rotatable bonds is 7. The summed E-state index contributed by atoms with van der Waals surface area (Å²) < 4.78 is 34.3. The Labute approximate surface area is 210 Å². The van der Waals surface area contributed by atoms with Crippen molar-refractivity contribution in [2.75, 3.05) is 30.2 Å². The lowest BCUT2D eigenvalue weighted by atomic mass is 10.0. The predicted molar refractivity (Wildman–Crippen MR) is 140 cm³/mol. The van der Waals surface area contributed by atoms with Crippen LogP contribution in [0.4, 0.5) is 11.4 Å². The number of anilines is 2. The van der Waals surface area contributed by atoms with Crippen molar-refractivity contribution in [2.24, 2.45) is 0 Å². The second-order valence-corrected chi connectivity index (χ2v) is 10.4. The lowest BCUT2D eigenvalue weighted by molar-refractivity contribution is 0.0625. The van der Waals surface area contributed by atoms with Crippen LogP contribution in [0.1, 0.15) is 15.9 Å². The average molecular weight is 503 g/mol. The third-order valence-electron chi connectivity index (χ3n) is 6.24. The smallest absolute Gasteiger partial charge is 0.264 e. The van der Waals surface area contributed by atoms with Crippen LogP contribution < -0.4 is 14.8 Å². The highest BCUT2D eigenvalue weighted by atomic mass is 32.2. The number of nitrogens with zero attached hydrogens (tertiary/aromatic N) is 2. The van der Waals surface area contributed by atoms with Crippen LogP contribution in [0.15, 0.2) is 83.9 Å². The van der Waals surface area contributed by atoms with Gasteiger partial charge in [0, 0.05) is 30.2 Å². The van der Waals surface area contributed by atoms with Gasteiger partial charge in [-0.25, -0.2) is 8.42 Å². The summed E-state index contributed by atoms with van der Waals surface area (Å²) >= 11 is 0. The van der Waals surface area contributed by atoms with E-state index in [0.717, 1.165) is 16.8 Å². The largest absolute Gasteiger partial charge is 0.495 e. The van der Waals surface area contributed by atoms with Crippen LogP contribution in [0.3, 0.4) is 0 Å². The molecule has 0 atom stereocenters. The Morgan fingerprint density at radius 2 is 1.78 bits per heavy atom. The van der Waals surface area contributed by atoms with Gasteiger partial charge in [0.25, 0.3) is 15.9 Å². The summed E-state index contributed by atoms with van der Waals surface area (Å²) in [7, 11) is -2.25. The Morgan fingerprint density at radius 1 is 1.00 bits per heavy atom. The third-order valence-corrected chi connectivity index (χ3v) is 7.64. The summed E-state index contributed by atoms with van der Waals surface area (Å²) in [6, 6.07) is 21.4. The van der Waals surface area contributed by atoms with Crippen molar-refractivity contribution in [2.45, 2.75) is 17.9 Å². The van der Waals surface area contributed by atoms with E-state index < -0.39 is 10.0 Å². The number of fused-ring (bicyclic) bond motifs is 1. The molecule has 4 aromatic rings. The van der Waals surface area contributed by atoms with Gasteiger partial charge in [-0.05, 0) is 55.0 Å². The van der Waals surface area contributed by atoms with Gasteiger partial charge in [-0.3, -0.25) is 14.5 Å². The SMILES string of the molecule is COc1ccccc1NC1CN(C(=O)c2ccc(NS(=O)(=O)c3cccc4cccnc34)c(C)c2)C1. The molecule has 3 aromatic carbocycles. The van der Waals surface area contributed by atoms with E-state index in [4.69, 9.17) is 4.74 Å². The van der Waals surface area contributed by atoms with Crippen LogP contribution in [0, 0.1) is 6.92 Å². The number of pyridine rings is 1. The Balaban J connectivity index is 1.27. The second-order valence-electron chi connectivity index (χ2n) is 8.72. The lowest BCUT2D eigenvalue weighted by Crippen LogP contribution is -2.57. The molecule has 184 valence electrons. The topological polar surface area (TPSA) is 101 Å². The molecule has 2 N–H and O–H groups in total. The van der Waals surface area contributed by atoms with E-state index >= 15 is 0 Å². The van der Waals surface area contributed by atoms with Gasteiger partial charge >= 0.3 is 0 Å². The standard InChI is InChI=1S/C27H26N4O4S/c1-18-15-20(27(32)31-16-21(17-31)29-23-9-3-4-10-24(23)35-2)12-13-22(18)30-36(33,34)25-11-5-7-19-8-6-14-28-26(19)25/h3-15,21,29-30H,16-17H2,1-2H3. The van der Waals surface area contributed by atoms with E-state index in [0.29, 0.717) is 35.4 Å². The van der Waals surface area contributed by atoms with E-state index in [2.05, 4.69) is 15.0 Å². The normalized spacial score (nSPS) is 13.8. The highest BCUT2D eigenvalue weighted by Gasteiger charge is 2.32. The molecule has 1 aromatic heterocycles. The minimum Gasteiger partial charge on any atom is -0.495 e. The quantitative estimate of drug-likeness (QED) is 0.391. The number of aromatic nitrogens is 1. The third kappa shape index (κ3) is 4.57. The van der Waals surface area contributed by atoms with Crippen molar-refractivity contribution < 1.29 is 17.9 Å². The Bertz CT molecular complexity index is 1540. The van der Waals surface area contributed by atoms with Crippen molar-refractivity contribution in [1.29, 1.82) is 0 Å². The number of carbonyl (C=O) groups excluding carboxylic acids is 1. The number of sulfonamides is 1. The summed E-state index contributed by atoms with van der Waals surface area (Å²) in [6.07, 6.45) is 1.57. The highest BCUT2D eigenvalue weighted by molar-refractivity contribution is 7.93. The van der Waals surface area contributed by atoms with Gasteiger partial charge in [-0.2, -0.15) is 0 Å². The number of ether oxygens (including phenoxy) is 1. The van der Waals surface area contributed by atoms with Crippen LogP contribution in [-0.4, -0.2) is 50.5 Å². The van der Waals surface area contributed by atoms with E-state index in [1.165, 1.54) is 6.07 Å². The Hall–Kier alpha value is -4.11. The molecule has 0 aliphatic carbocycles. The van der Waals surface area contributed by atoms with Crippen LogP contribution >= 0.6 is 0 Å². The molecule has 1 aliphatic heterocycles. The zero-order valence-corrected chi connectivity index (χ0v) is 20.7. The number of carbonyl (C=O) groups is 1. The molecule has 0 unspecified atom stereocenters. The number of aryl methyl sites for hydroxylation is 1. The molecule has 5 rings (SSSR count). The fourth-order valence-corrected chi connectivity index (χ4v) is 5.62. The number of para-hydroxylation sites is 3. The molecule has 0 saturated carbocycles. The molecule has 36 heavy (non-hydrogen) atoms. The first-order valence-corrected chi connectivity index (χ1v) is 13.0. The van der Waals surface area contributed by atoms with Gasteiger partial charge < -0.3 is 15.0 Å². The lowest BCUT2D eigenvalue weighted by Gasteiger charge is -2.40. The Morgan fingerprint density at radius 3 is 2.56 bits per heavy atom. The molecule has 0 bridgehead atoms. The molecule has 1 fully saturated rings. The van der Waals surface area contributed by atoms with Gasteiger partial charge in [0.05, 0.1) is 30.0 Å².